The summed E-state index contributed by atoms with van der Waals surface area (Å²) in [7, 11) is -3.52. The molecule has 1 saturated carbocycles. The highest BCUT2D eigenvalue weighted by Gasteiger charge is 2.46. The van der Waals surface area contributed by atoms with E-state index in [1.165, 1.54) is 50.2 Å². The van der Waals surface area contributed by atoms with E-state index in [-0.39, 0.29) is 17.2 Å². The van der Waals surface area contributed by atoms with Gasteiger partial charge < -0.3 is 14.0 Å². The van der Waals surface area contributed by atoms with Gasteiger partial charge in [0.05, 0.1) is 11.7 Å². The molecule has 0 amide bonds. The van der Waals surface area contributed by atoms with Crippen LogP contribution in [0.3, 0.4) is 0 Å². The van der Waals surface area contributed by atoms with Gasteiger partial charge in [0.25, 0.3) is 0 Å². The van der Waals surface area contributed by atoms with Gasteiger partial charge in [-0.2, -0.15) is 0 Å². The van der Waals surface area contributed by atoms with Crippen molar-refractivity contribution in [2.45, 2.75) is 161 Å². The minimum Gasteiger partial charge on any atom is -0.413 e. The van der Waals surface area contributed by atoms with Crippen LogP contribution in [0.4, 0.5) is 0 Å². The second-order valence-electron chi connectivity index (χ2n) is 13.4. The molecule has 2 aliphatic carbocycles. The Balaban J connectivity index is 2.21. The Morgan fingerprint density at radius 3 is 2.09 bits per heavy atom. The first-order valence-electron chi connectivity index (χ1n) is 15.0. The standard InChI is InChI=1S/C30H60O3Si2/c1-10-35(11-2,12-3)32-28-21-20-25(27(28)19-16-24-31)22-23-30(7,26-17-14-13-15-18-26)33-34(8,9)29(4,5)6/h20,26-28,31H,10-19,21-24H2,1-9H3/t27-,28+,30+/m1/s1. The fourth-order valence-corrected chi connectivity index (χ4v) is 11.1. The summed E-state index contributed by atoms with van der Waals surface area (Å²) < 4.78 is 14.4. The molecule has 0 radical (unpaired) electrons. The molecule has 3 atom stereocenters. The number of aliphatic hydroxyl groups excluding tert-OH is 1. The van der Waals surface area contributed by atoms with Crippen molar-refractivity contribution in [3.05, 3.63) is 11.6 Å². The van der Waals surface area contributed by atoms with Gasteiger partial charge in [-0.3, -0.25) is 0 Å². The first-order valence-corrected chi connectivity index (χ1v) is 20.5. The lowest BCUT2D eigenvalue weighted by atomic mass is 9.75. The highest BCUT2D eigenvalue weighted by molar-refractivity contribution is 6.74. The third kappa shape index (κ3) is 8.02. The number of hydrogen-bond acceptors (Lipinski definition) is 3. The van der Waals surface area contributed by atoms with E-state index in [1.54, 1.807) is 5.57 Å². The van der Waals surface area contributed by atoms with Gasteiger partial charge in [0.15, 0.2) is 16.6 Å². The molecule has 0 saturated heterocycles. The monoisotopic (exact) mass is 524 g/mol. The molecule has 0 aromatic carbocycles. The summed E-state index contributed by atoms with van der Waals surface area (Å²) >= 11 is 0. The minimum atomic E-state index is -1.87. The SMILES string of the molecule is CC[Si](CC)(CC)O[C@H]1CC=C(CC[C@](C)(O[Si](C)(C)C(C)(C)C)C2CCCCC2)[C@H]1CCCO. The maximum absolute atomic E-state index is 9.64. The summed E-state index contributed by atoms with van der Waals surface area (Å²) in [6, 6.07) is 3.62. The molecule has 2 aliphatic rings. The van der Waals surface area contributed by atoms with Gasteiger partial charge in [0.1, 0.15) is 0 Å². The Labute approximate surface area is 221 Å². The molecule has 0 aliphatic heterocycles. The summed E-state index contributed by atoms with van der Waals surface area (Å²) in [5.74, 6) is 1.15. The molecular formula is C30H60O3Si2. The number of aliphatic hydroxyl groups is 1. The van der Waals surface area contributed by atoms with Gasteiger partial charge in [-0.25, -0.2) is 0 Å². The molecular weight excluding hydrogens is 464 g/mol. The van der Waals surface area contributed by atoms with Gasteiger partial charge in [0.2, 0.25) is 0 Å². The fourth-order valence-electron chi connectivity index (χ4n) is 6.42. The first kappa shape index (κ1) is 31.3. The van der Waals surface area contributed by atoms with Crippen molar-refractivity contribution < 1.29 is 14.0 Å². The Kier molecular flexibility index (Phi) is 11.8. The van der Waals surface area contributed by atoms with Crippen LogP contribution in [-0.2, 0) is 8.85 Å². The maximum Gasteiger partial charge on any atom is 0.192 e. The lowest BCUT2D eigenvalue weighted by molar-refractivity contribution is -0.0119. The third-order valence-electron chi connectivity index (χ3n) is 10.2. The number of rotatable bonds is 14. The van der Waals surface area contributed by atoms with Crippen molar-refractivity contribution in [1.82, 2.24) is 0 Å². The van der Waals surface area contributed by atoms with Crippen LogP contribution < -0.4 is 0 Å². The van der Waals surface area contributed by atoms with Crippen molar-refractivity contribution in [1.29, 1.82) is 0 Å². The van der Waals surface area contributed by atoms with Gasteiger partial charge in [-0.05, 0) is 94.1 Å². The predicted molar refractivity (Wildman–Crippen MR) is 157 cm³/mol. The zero-order valence-corrected chi connectivity index (χ0v) is 27.0. The third-order valence-corrected chi connectivity index (χ3v) is 19.5. The summed E-state index contributed by atoms with van der Waals surface area (Å²) in [6.07, 6.45) is 14.8. The highest BCUT2D eigenvalue weighted by Crippen LogP contribution is 2.47. The van der Waals surface area contributed by atoms with E-state index < -0.39 is 16.6 Å². The van der Waals surface area contributed by atoms with Gasteiger partial charge in [0, 0.05) is 12.5 Å². The topological polar surface area (TPSA) is 38.7 Å². The Morgan fingerprint density at radius 1 is 0.971 bits per heavy atom. The molecule has 35 heavy (non-hydrogen) atoms. The normalized spacial score (nSPS) is 24.5. The molecule has 0 bridgehead atoms. The Bertz CT molecular complexity index is 651. The molecule has 0 spiro atoms. The average molecular weight is 525 g/mol. The van der Waals surface area contributed by atoms with Crippen LogP contribution in [0.15, 0.2) is 11.6 Å². The first-order chi connectivity index (χ1) is 16.4. The highest BCUT2D eigenvalue weighted by atomic mass is 28.4. The van der Waals surface area contributed by atoms with Crippen LogP contribution >= 0.6 is 0 Å². The molecule has 1 fully saturated rings. The van der Waals surface area contributed by atoms with E-state index in [2.05, 4.69) is 67.6 Å². The Morgan fingerprint density at radius 2 is 1.57 bits per heavy atom. The summed E-state index contributed by atoms with van der Waals surface area (Å²) in [5, 5.41) is 9.87. The van der Waals surface area contributed by atoms with Gasteiger partial charge in [-0.15, -0.1) is 0 Å². The van der Waals surface area contributed by atoms with Crippen molar-refractivity contribution in [3.8, 4) is 0 Å². The van der Waals surface area contributed by atoms with E-state index in [4.69, 9.17) is 8.85 Å². The quantitative estimate of drug-likeness (QED) is 0.182. The molecule has 0 unspecified atom stereocenters. The molecule has 0 heterocycles. The minimum absolute atomic E-state index is 0.0422. The van der Waals surface area contributed by atoms with Crippen LogP contribution in [0, 0.1) is 11.8 Å². The molecule has 3 nitrogen and oxygen atoms in total. The van der Waals surface area contributed by atoms with E-state index in [0.29, 0.717) is 17.9 Å². The summed E-state index contributed by atoms with van der Waals surface area (Å²) in [6.45, 7) is 21.7. The lowest BCUT2D eigenvalue weighted by Crippen LogP contribution is -2.52. The second-order valence-corrected chi connectivity index (χ2v) is 22.8. The molecule has 0 aromatic heterocycles. The number of hydrogen-bond donors (Lipinski definition) is 1. The molecule has 2 rings (SSSR count). The van der Waals surface area contributed by atoms with Crippen molar-refractivity contribution in [3.63, 3.8) is 0 Å². The van der Waals surface area contributed by atoms with Crippen LogP contribution in [-0.4, -0.2) is 40.1 Å². The second kappa shape index (κ2) is 13.2. The van der Waals surface area contributed by atoms with E-state index in [0.717, 1.165) is 32.1 Å². The van der Waals surface area contributed by atoms with Crippen LogP contribution in [0.25, 0.3) is 0 Å². The van der Waals surface area contributed by atoms with Crippen LogP contribution in [0.1, 0.15) is 113 Å². The van der Waals surface area contributed by atoms with E-state index in [9.17, 15) is 5.11 Å². The van der Waals surface area contributed by atoms with Gasteiger partial charge >= 0.3 is 0 Å². The van der Waals surface area contributed by atoms with Crippen molar-refractivity contribution in [2.24, 2.45) is 11.8 Å². The zero-order chi connectivity index (χ0) is 26.3. The molecule has 206 valence electrons. The largest absolute Gasteiger partial charge is 0.413 e. The van der Waals surface area contributed by atoms with E-state index >= 15 is 0 Å². The van der Waals surface area contributed by atoms with Crippen molar-refractivity contribution >= 4 is 16.6 Å². The fraction of sp³-hybridized carbons (Fsp3) is 0.933. The molecule has 5 heteroatoms. The Hall–Kier alpha value is 0.0538. The van der Waals surface area contributed by atoms with Crippen LogP contribution in [0.2, 0.25) is 36.3 Å². The summed E-state index contributed by atoms with van der Waals surface area (Å²) in [4.78, 5) is 0. The maximum atomic E-state index is 9.64. The zero-order valence-electron chi connectivity index (χ0n) is 25.0. The molecule has 1 N–H and O–H groups in total. The van der Waals surface area contributed by atoms with Gasteiger partial charge in [-0.1, -0.05) is 72.5 Å². The van der Waals surface area contributed by atoms with Crippen LogP contribution in [0.5, 0.6) is 0 Å². The average Bonchev–Trinajstić information content (AvgIpc) is 3.20. The predicted octanol–water partition coefficient (Wildman–Crippen LogP) is 9.24. The van der Waals surface area contributed by atoms with E-state index in [1.807, 2.05) is 0 Å². The smallest absolute Gasteiger partial charge is 0.192 e. The van der Waals surface area contributed by atoms with Crippen molar-refractivity contribution in [2.75, 3.05) is 6.61 Å². The lowest BCUT2D eigenvalue weighted by Gasteiger charge is -2.49. The summed E-state index contributed by atoms with van der Waals surface area (Å²) in [5.41, 5.74) is 1.55. The molecule has 0 aromatic rings.